The quantitative estimate of drug-likeness (QED) is 0.143. The van der Waals surface area contributed by atoms with Gasteiger partial charge < -0.3 is 9.47 Å². The van der Waals surface area contributed by atoms with Gasteiger partial charge in [0, 0.05) is 23.7 Å². The fourth-order valence-electron chi connectivity index (χ4n) is 5.20. The third-order valence-electron chi connectivity index (χ3n) is 7.53. The van der Waals surface area contributed by atoms with Crippen molar-refractivity contribution in [2.45, 2.75) is 63.9 Å². The zero-order chi connectivity index (χ0) is 34.5. The summed E-state index contributed by atoms with van der Waals surface area (Å²) in [6, 6.07) is 4.86. The maximum absolute atomic E-state index is 14.0. The second-order valence-corrected chi connectivity index (χ2v) is 10.9. The number of benzene rings is 3. The van der Waals surface area contributed by atoms with Gasteiger partial charge in [-0.1, -0.05) is 19.9 Å². The van der Waals surface area contributed by atoms with Crippen molar-refractivity contribution in [2.75, 3.05) is 7.11 Å². The number of alkyl halides is 9. The van der Waals surface area contributed by atoms with Gasteiger partial charge in [-0.15, -0.1) is 0 Å². The Morgan fingerprint density at radius 1 is 0.891 bits per heavy atom. The molecule has 1 amide bonds. The minimum Gasteiger partial charge on any atom is -0.496 e. The molecule has 3 aromatic rings. The Labute approximate surface area is 255 Å². The number of hydrogen-bond donors (Lipinski definition) is 0. The minimum atomic E-state index is -5.18. The van der Waals surface area contributed by atoms with Crippen LogP contribution < -0.4 is 4.74 Å². The van der Waals surface area contributed by atoms with E-state index in [1.165, 1.54) is 26.2 Å². The first-order valence-corrected chi connectivity index (χ1v) is 13.5. The van der Waals surface area contributed by atoms with E-state index in [9.17, 15) is 54.4 Å². The van der Waals surface area contributed by atoms with E-state index in [0.29, 0.717) is 29.8 Å². The van der Waals surface area contributed by atoms with Crippen LogP contribution in [0, 0.1) is 10.1 Å². The summed E-state index contributed by atoms with van der Waals surface area (Å²) >= 11 is 0. The Morgan fingerprint density at radius 2 is 1.43 bits per heavy atom. The Balaban J connectivity index is 1.91. The van der Waals surface area contributed by atoms with Crippen LogP contribution in [0.3, 0.4) is 0 Å². The average molecular weight is 665 g/mol. The molecule has 1 aliphatic heterocycles. The van der Waals surface area contributed by atoms with Gasteiger partial charge in [-0.25, -0.2) is 4.79 Å². The average Bonchev–Trinajstić information content (AvgIpc) is 3.22. The molecule has 3 aromatic carbocycles. The number of amides is 1. The molecule has 0 spiro atoms. The molecule has 1 heterocycles. The van der Waals surface area contributed by atoms with Crippen LogP contribution >= 0.6 is 0 Å². The van der Waals surface area contributed by atoms with E-state index in [-0.39, 0.29) is 28.9 Å². The van der Waals surface area contributed by atoms with Crippen LogP contribution in [0.15, 0.2) is 48.5 Å². The van der Waals surface area contributed by atoms with E-state index in [2.05, 4.69) is 0 Å². The van der Waals surface area contributed by atoms with Crippen molar-refractivity contribution in [1.29, 1.82) is 0 Å². The molecule has 248 valence electrons. The van der Waals surface area contributed by atoms with Crippen molar-refractivity contribution >= 4 is 11.8 Å². The molecule has 0 bridgehead atoms. The number of nitrogens with zero attached hydrogens (tertiary/aromatic N) is 2. The van der Waals surface area contributed by atoms with Gasteiger partial charge in [0.2, 0.25) is 0 Å². The molecule has 0 N–H and O–H groups in total. The zero-order valence-electron chi connectivity index (χ0n) is 24.4. The third-order valence-corrected chi connectivity index (χ3v) is 7.53. The van der Waals surface area contributed by atoms with Gasteiger partial charge in [-0.05, 0) is 60.4 Å². The minimum absolute atomic E-state index is 0.00137. The summed E-state index contributed by atoms with van der Waals surface area (Å²) in [6.07, 6.45) is -18.4. The van der Waals surface area contributed by atoms with Gasteiger partial charge in [-0.3, -0.25) is 15.0 Å². The number of rotatable bonds is 7. The standard InChI is InChI=1S/C30H25F9N2O5/c1-14(2)17-5-6-24(45-4)21(9-17)25-22(11-20(30(37,38)39)12-23(25)41(43)44)26-15(3)40(27(42)46-26)13-16-7-18(28(31,32)33)10-19(8-16)29(34,35)36/h5-12,14-15,26H,13H2,1-4H3/t15-,26+/m1/s1. The summed E-state index contributed by atoms with van der Waals surface area (Å²) < 4.78 is 133. The van der Waals surface area contributed by atoms with Crippen LogP contribution in [0.2, 0.25) is 0 Å². The van der Waals surface area contributed by atoms with E-state index < -0.39 is 81.7 Å². The highest BCUT2D eigenvalue weighted by Crippen LogP contribution is 2.48. The second kappa shape index (κ2) is 12.0. The van der Waals surface area contributed by atoms with Crippen LogP contribution in [0.5, 0.6) is 5.75 Å². The topological polar surface area (TPSA) is 81.9 Å². The first-order chi connectivity index (χ1) is 21.1. The Bertz CT molecular complexity index is 1630. The van der Waals surface area contributed by atoms with Crippen molar-refractivity contribution in [3.8, 4) is 16.9 Å². The highest BCUT2D eigenvalue weighted by molar-refractivity contribution is 5.84. The van der Waals surface area contributed by atoms with E-state index in [0.717, 1.165) is 4.90 Å². The molecule has 4 rings (SSSR count). The summed E-state index contributed by atoms with van der Waals surface area (Å²) in [5, 5.41) is 12.2. The van der Waals surface area contributed by atoms with Gasteiger partial charge in [-0.2, -0.15) is 39.5 Å². The van der Waals surface area contributed by atoms with Crippen molar-refractivity contribution in [3.05, 3.63) is 92.0 Å². The SMILES string of the molecule is COc1ccc(C(C)C)cc1-c1c([C@H]2OC(=O)N(Cc3cc(C(F)(F)F)cc(C(F)(F)F)c3)[C@@H]2C)cc(C(F)(F)F)cc1[N+](=O)[O-]. The second-order valence-electron chi connectivity index (χ2n) is 10.9. The Hall–Kier alpha value is -4.50. The molecule has 46 heavy (non-hydrogen) atoms. The first kappa shape index (κ1) is 34.4. The molecule has 16 heteroatoms. The van der Waals surface area contributed by atoms with Gasteiger partial charge in [0.25, 0.3) is 5.69 Å². The van der Waals surface area contributed by atoms with Gasteiger partial charge in [0.1, 0.15) is 11.9 Å². The molecule has 0 aromatic heterocycles. The van der Waals surface area contributed by atoms with Gasteiger partial charge >= 0.3 is 24.6 Å². The maximum atomic E-state index is 14.0. The normalized spacial score (nSPS) is 17.4. The number of nitro groups is 1. The van der Waals surface area contributed by atoms with Crippen LogP contribution in [-0.2, 0) is 29.8 Å². The number of methoxy groups -OCH3 is 1. The first-order valence-electron chi connectivity index (χ1n) is 13.5. The predicted octanol–water partition coefficient (Wildman–Crippen LogP) is 9.53. The highest BCUT2D eigenvalue weighted by atomic mass is 19.4. The summed E-state index contributed by atoms with van der Waals surface area (Å²) in [6.45, 7) is 3.98. The lowest BCUT2D eigenvalue weighted by molar-refractivity contribution is -0.384. The zero-order valence-corrected chi connectivity index (χ0v) is 24.4. The summed E-state index contributed by atoms with van der Waals surface area (Å²) in [4.78, 5) is 25.0. The van der Waals surface area contributed by atoms with Crippen molar-refractivity contribution in [2.24, 2.45) is 0 Å². The van der Waals surface area contributed by atoms with Crippen molar-refractivity contribution < 1.29 is 58.7 Å². The highest BCUT2D eigenvalue weighted by Gasteiger charge is 2.45. The number of carbonyl (C=O) groups excluding carboxylic acids is 1. The molecular weight excluding hydrogens is 639 g/mol. The molecule has 7 nitrogen and oxygen atoms in total. The number of carbonyl (C=O) groups is 1. The number of nitro benzene ring substituents is 1. The summed E-state index contributed by atoms with van der Waals surface area (Å²) in [7, 11) is 1.23. The smallest absolute Gasteiger partial charge is 0.416 e. The van der Waals surface area contributed by atoms with Crippen molar-refractivity contribution in [3.63, 3.8) is 0 Å². The predicted molar refractivity (Wildman–Crippen MR) is 145 cm³/mol. The van der Waals surface area contributed by atoms with Crippen LogP contribution in [0.4, 0.5) is 50.0 Å². The van der Waals surface area contributed by atoms with Gasteiger partial charge in [0.05, 0.1) is 40.3 Å². The van der Waals surface area contributed by atoms with E-state index >= 15 is 0 Å². The van der Waals surface area contributed by atoms with Crippen LogP contribution in [-0.4, -0.2) is 29.1 Å². The fraction of sp³-hybridized carbons (Fsp3) is 0.367. The molecule has 0 radical (unpaired) electrons. The lowest BCUT2D eigenvalue weighted by Gasteiger charge is -2.24. The molecule has 1 aliphatic rings. The van der Waals surface area contributed by atoms with Crippen molar-refractivity contribution in [1.82, 2.24) is 4.90 Å². The van der Waals surface area contributed by atoms with Crippen LogP contribution in [0.25, 0.3) is 11.1 Å². The molecule has 0 aliphatic carbocycles. The molecular formula is C30H25F9N2O5. The Kier molecular flexibility index (Phi) is 8.98. The van der Waals surface area contributed by atoms with E-state index in [4.69, 9.17) is 9.47 Å². The fourth-order valence-corrected chi connectivity index (χ4v) is 5.20. The number of cyclic esters (lactones) is 1. The number of halogens is 9. The summed E-state index contributed by atoms with van der Waals surface area (Å²) in [5.41, 5.74) is -6.54. The van der Waals surface area contributed by atoms with Crippen LogP contribution in [0.1, 0.15) is 66.2 Å². The summed E-state index contributed by atoms with van der Waals surface area (Å²) in [5.74, 6) is -0.111. The van der Waals surface area contributed by atoms with E-state index in [1.54, 1.807) is 19.9 Å². The molecule has 1 fully saturated rings. The molecule has 0 saturated carbocycles. The lowest BCUT2D eigenvalue weighted by Crippen LogP contribution is -2.32. The maximum Gasteiger partial charge on any atom is 0.416 e. The monoisotopic (exact) mass is 664 g/mol. The molecule has 0 unspecified atom stereocenters. The molecule has 1 saturated heterocycles. The van der Waals surface area contributed by atoms with Gasteiger partial charge in [0.15, 0.2) is 0 Å². The lowest BCUT2D eigenvalue weighted by atomic mass is 9.87. The number of hydrogen-bond acceptors (Lipinski definition) is 5. The van der Waals surface area contributed by atoms with E-state index in [1.807, 2.05) is 0 Å². The Morgan fingerprint density at radius 3 is 1.91 bits per heavy atom. The third kappa shape index (κ3) is 6.84. The number of ether oxygens (including phenoxy) is 2. The molecule has 2 atom stereocenters. The largest absolute Gasteiger partial charge is 0.496 e.